The van der Waals surface area contributed by atoms with Gasteiger partial charge in [0, 0.05) is 11.6 Å². The molecule has 5 nitrogen and oxygen atoms in total. The molecule has 0 saturated heterocycles. The van der Waals surface area contributed by atoms with Crippen LogP contribution in [0.25, 0.3) is 22.6 Å². The van der Waals surface area contributed by atoms with E-state index in [1.807, 2.05) is 11.4 Å². The molecule has 6 heteroatoms. The molecule has 0 aromatic carbocycles. The molecule has 0 atom stereocenters. The summed E-state index contributed by atoms with van der Waals surface area (Å²) >= 11 is 1.31. The van der Waals surface area contributed by atoms with Crippen molar-refractivity contribution >= 4 is 22.6 Å². The third-order valence-corrected chi connectivity index (χ3v) is 2.39. The first kappa shape index (κ1) is 7.57. The van der Waals surface area contributed by atoms with Crippen LogP contribution in [0.15, 0.2) is 23.8 Å². The van der Waals surface area contributed by atoms with Crippen LogP contribution in [0.2, 0.25) is 0 Å². The number of aromatic nitrogens is 5. The van der Waals surface area contributed by atoms with Crippen molar-refractivity contribution in [2.45, 2.75) is 0 Å². The normalized spacial score (nSPS) is 10.9. The first-order chi connectivity index (χ1) is 6.93. The van der Waals surface area contributed by atoms with Crippen LogP contribution in [0, 0.1) is 0 Å². The zero-order chi connectivity index (χ0) is 9.38. The summed E-state index contributed by atoms with van der Waals surface area (Å²) in [5, 5.41) is 5.79. The molecule has 0 saturated carbocycles. The van der Waals surface area contributed by atoms with Crippen LogP contribution in [0.4, 0.5) is 0 Å². The fourth-order valence-corrected chi connectivity index (χ4v) is 1.69. The van der Waals surface area contributed by atoms with E-state index in [2.05, 4.69) is 24.5 Å². The molecule has 1 N–H and O–H groups in total. The number of H-pyrrole nitrogens is 1. The van der Waals surface area contributed by atoms with Crippen LogP contribution in [-0.2, 0) is 0 Å². The Labute approximate surface area is 83.0 Å². The summed E-state index contributed by atoms with van der Waals surface area (Å²) in [7, 11) is 0. The molecule has 3 rings (SSSR count). The van der Waals surface area contributed by atoms with Gasteiger partial charge in [0.05, 0.1) is 17.2 Å². The van der Waals surface area contributed by atoms with Gasteiger partial charge in [0.1, 0.15) is 5.69 Å². The van der Waals surface area contributed by atoms with E-state index in [0.29, 0.717) is 0 Å². The van der Waals surface area contributed by atoms with E-state index in [0.717, 1.165) is 22.6 Å². The number of hydrogen-bond donors (Lipinski definition) is 1. The minimum atomic E-state index is 0.738. The lowest BCUT2D eigenvalue weighted by Crippen LogP contribution is -1.79. The number of nitrogens with one attached hydrogen (secondary N) is 1. The van der Waals surface area contributed by atoms with Crippen LogP contribution in [-0.4, -0.2) is 24.5 Å². The Morgan fingerprint density at radius 3 is 3.14 bits per heavy atom. The molecule has 3 aromatic heterocycles. The molecular formula is C8H5N5S. The quantitative estimate of drug-likeness (QED) is 0.650. The van der Waals surface area contributed by atoms with E-state index in [-0.39, 0.29) is 0 Å². The average Bonchev–Trinajstić information content (AvgIpc) is 2.86. The topological polar surface area (TPSA) is 67.3 Å². The zero-order valence-corrected chi connectivity index (χ0v) is 7.82. The van der Waals surface area contributed by atoms with Gasteiger partial charge in [-0.05, 0) is 17.6 Å². The first-order valence-corrected chi connectivity index (χ1v) is 4.84. The lowest BCUT2D eigenvalue weighted by atomic mass is 10.4. The van der Waals surface area contributed by atoms with E-state index in [9.17, 15) is 0 Å². The Bertz CT molecular complexity index is 523. The van der Waals surface area contributed by atoms with E-state index in [4.69, 9.17) is 0 Å². The third kappa shape index (κ3) is 1.08. The summed E-state index contributed by atoms with van der Waals surface area (Å²) in [4.78, 5) is 11.5. The summed E-state index contributed by atoms with van der Waals surface area (Å²) < 4.78 is 3.78. The molecule has 0 bridgehead atoms. The second kappa shape index (κ2) is 2.85. The van der Waals surface area contributed by atoms with Crippen LogP contribution in [0.1, 0.15) is 0 Å². The number of hydrogen-bond acceptors (Lipinski definition) is 5. The summed E-state index contributed by atoms with van der Waals surface area (Å²) in [6.07, 6.45) is 3.46. The van der Waals surface area contributed by atoms with E-state index < -0.39 is 0 Å². The second-order valence-electron chi connectivity index (χ2n) is 2.77. The molecule has 14 heavy (non-hydrogen) atoms. The number of fused-ring (bicyclic) bond motifs is 1. The Morgan fingerprint density at radius 1 is 1.36 bits per heavy atom. The maximum absolute atomic E-state index is 4.36. The van der Waals surface area contributed by atoms with Crippen LogP contribution >= 0.6 is 11.5 Å². The van der Waals surface area contributed by atoms with Gasteiger partial charge in [-0.2, -0.15) is 0 Å². The van der Waals surface area contributed by atoms with Crippen molar-refractivity contribution in [2.75, 3.05) is 0 Å². The molecule has 0 aliphatic carbocycles. The molecule has 68 valence electrons. The summed E-state index contributed by atoms with van der Waals surface area (Å²) in [5.74, 6) is 0.738. The molecule has 0 amide bonds. The van der Waals surface area contributed by atoms with Gasteiger partial charge in [-0.1, -0.05) is 4.49 Å². The Hall–Kier alpha value is -1.82. The van der Waals surface area contributed by atoms with Crippen molar-refractivity contribution in [1.82, 2.24) is 24.5 Å². The van der Waals surface area contributed by atoms with Crippen LogP contribution in [0.3, 0.4) is 0 Å². The van der Waals surface area contributed by atoms with Gasteiger partial charge in [-0.3, -0.25) is 4.98 Å². The molecule has 0 unspecified atom stereocenters. The highest BCUT2D eigenvalue weighted by molar-refractivity contribution is 7.03. The van der Waals surface area contributed by atoms with E-state index in [1.54, 1.807) is 12.4 Å². The van der Waals surface area contributed by atoms with Gasteiger partial charge in [0.25, 0.3) is 0 Å². The lowest BCUT2D eigenvalue weighted by Gasteiger charge is -1.83. The highest BCUT2D eigenvalue weighted by atomic mass is 32.1. The molecule has 0 radical (unpaired) electrons. The molecule has 0 aliphatic rings. The number of pyridine rings is 1. The van der Waals surface area contributed by atoms with Gasteiger partial charge in [-0.25, -0.2) is 4.98 Å². The van der Waals surface area contributed by atoms with Crippen LogP contribution in [0.5, 0.6) is 0 Å². The zero-order valence-electron chi connectivity index (χ0n) is 7.01. The smallest absolute Gasteiger partial charge is 0.160 e. The van der Waals surface area contributed by atoms with Gasteiger partial charge in [0.2, 0.25) is 0 Å². The predicted octanol–water partition coefficient (Wildman–Crippen LogP) is 1.48. The van der Waals surface area contributed by atoms with Gasteiger partial charge < -0.3 is 4.98 Å². The molecule has 0 aliphatic heterocycles. The highest BCUT2D eigenvalue weighted by Gasteiger charge is 2.06. The summed E-state index contributed by atoms with van der Waals surface area (Å²) in [6.45, 7) is 0. The molecule has 3 aromatic rings. The molecule has 3 heterocycles. The minimum Gasteiger partial charge on any atom is -0.335 e. The van der Waals surface area contributed by atoms with Gasteiger partial charge in [0.15, 0.2) is 5.82 Å². The van der Waals surface area contributed by atoms with Gasteiger partial charge >= 0.3 is 0 Å². The van der Waals surface area contributed by atoms with E-state index in [1.165, 1.54) is 11.5 Å². The molecule has 0 fully saturated rings. The third-order valence-electron chi connectivity index (χ3n) is 1.89. The maximum Gasteiger partial charge on any atom is 0.160 e. The second-order valence-corrected chi connectivity index (χ2v) is 3.38. The lowest BCUT2D eigenvalue weighted by molar-refractivity contribution is 1.13. The number of aromatic amines is 1. The first-order valence-electron chi connectivity index (χ1n) is 4.00. The van der Waals surface area contributed by atoms with E-state index >= 15 is 0 Å². The summed E-state index contributed by atoms with van der Waals surface area (Å²) in [6, 6.07) is 1.86. The largest absolute Gasteiger partial charge is 0.335 e. The monoisotopic (exact) mass is 203 g/mol. The minimum absolute atomic E-state index is 0.738. The predicted molar refractivity (Wildman–Crippen MR) is 52.8 cm³/mol. The van der Waals surface area contributed by atoms with Crippen molar-refractivity contribution in [1.29, 1.82) is 0 Å². The Kier molecular flexibility index (Phi) is 1.54. The highest BCUT2D eigenvalue weighted by Crippen LogP contribution is 2.17. The Morgan fingerprint density at radius 2 is 2.36 bits per heavy atom. The van der Waals surface area contributed by atoms with Crippen molar-refractivity contribution < 1.29 is 0 Å². The Balaban J connectivity index is 2.24. The molecule has 0 spiro atoms. The van der Waals surface area contributed by atoms with Crippen molar-refractivity contribution in [2.24, 2.45) is 0 Å². The van der Waals surface area contributed by atoms with Crippen molar-refractivity contribution in [3.63, 3.8) is 0 Å². The van der Waals surface area contributed by atoms with Crippen LogP contribution < -0.4 is 0 Å². The number of imidazole rings is 1. The fraction of sp³-hybridized carbons (Fsp3) is 0. The number of nitrogens with zero attached hydrogens (tertiary/aromatic N) is 4. The number of rotatable bonds is 1. The van der Waals surface area contributed by atoms with Gasteiger partial charge in [-0.15, -0.1) is 5.10 Å². The van der Waals surface area contributed by atoms with Crippen molar-refractivity contribution in [3.05, 3.63) is 23.8 Å². The SMILES string of the molecule is c1cc2nc(-c3csnn3)[nH]c2cn1. The molecular weight excluding hydrogens is 198 g/mol. The maximum atomic E-state index is 4.36. The average molecular weight is 203 g/mol. The fourth-order valence-electron chi connectivity index (χ4n) is 1.25. The van der Waals surface area contributed by atoms with Crippen molar-refractivity contribution in [3.8, 4) is 11.5 Å². The summed E-state index contributed by atoms with van der Waals surface area (Å²) in [5.41, 5.74) is 2.57. The standard InChI is InChI=1S/C8H5N5S/c1-2-9-3-6-5(1)10-8(11-6)7-4-14-13-12-7/h1-4H,(H,10,11).